The van der Waals surface area contributed by atoms with E-state index in [4.69, 9.17) is 4.52 Å². The van der Waals surface area contributed by atoms with Crippen LogP contribution in [0.25, 0.3) is 0 Å². The highest BCUT2D eigenvalue weighted by atomic mass is 16.5. The molecular formula is C22H29N3O2. The van der Waals surface area contributed by atoms with Crippen LogP contribution in [0.4, 0.5) is 11.4 Å². The summed E-state index contributed by atoms with van der Waals surface area (Å²) in [5.41, 5.74) is 5.01. The molecule has 0 saturated carbocycles. The second-order valence-electron chi connectivity index (χ2n) is 9.06. The third-order valence-corrected chi connectivity index (χ3v) is 6.17. The number of hydrogen-bond donors (Lipinski definition) is 1. The number of hydrogen-bond acceptors (Lipinski definition) is 4. The fourth-order valence-electron chi connectivity index (χ4n) is 4.35. The third-order valence-electron chi connectivity index (χ3n) is 6.17. The lowest BCUT2D eigenvalue weighted by atomic mass is 9.71. The maximum atomic E-state index is 12.9. The Balaban J connectivity index is 1.55. The van der Waals surface area contributed by atoms with Gasteiger partial charge in [-0.25, -0.2) is 0 Å². The van der Waals surface area contributed by atoms with E-state index < -0.39 is 0 Å². The van der Waals surface area contributed by atoms with Crippen LogP contribution in [0.5, 0.6) is 0 Å². The first-order valence-electron chi connectivity index (χ1n) is 9.96. The molecule has 5 heteroatoms. The van der Waals surface area contributed by atoms with Crippen LogP contribution in [0, 0.1) is 11.3 Å². The summed E-state index contributed by atoms with van der Waals surface area (Å²) in [6.45, 7) is 7.84. The maximum absolute atomic E-state index is 12.9. The molecule has 2 heterocycles. The van der Waals surface area contributed by atoms with Gasteiger partial charge in [0.1, 0.15) is 5.76 Å². The number of nitrogens with one attached hydrogen (secondary N) is 1. The van der Waals surface area contributed by atoms with Gasteiger partial charge < -0.3 is 14.7 Å². The Morgan fingerprint density at radius 3 is 2.89 bits per heavy atom. The Morgan fingerprint density at radius 2 is 2.11 bits per heavy atom. The SMILES string of the molecule is CN1CCCc2ccc(NC(=O)c3noc4c3C[C@@H](C(C)(C)C)CC4)cc21. The number of aromatic nitrogens is 1. The van der Waals surface area contributed by atoms with Gasteiger partial charge >= 0.3 is 0 Å². The van der Waals surface area contributed by atoms with Gasteiger partial charge in [-0.2, -0.15) is 0 Å². The number of nitrogens with zero attached hydrogens (tertiary/aromatic N) is 2. The van der Waals surface area contributed by atoms with Crippen LogP contribution in [0.2, 0.25) is 0 Å². The van der Waals surface area contributed by atoms with Crippen LogP contribution in [0.15, 0.2) is 22.7 Å². The van der Waals surface area contributed by atoms with Gasteiger partial charge in [0.2, 0.25) is 0 Å². The summed E-state index contributed by atoms with van der Waals surface area (Å²) in [4.78, 5) is 15.2. The predicted octanol–water partition coefficient (Wildman–Crippen LogP) is 4.46. The normalized spacial score (nSPS) is 19.4. The van der Waals surface area contributed by atoms with Gasteiger partial charge in [-0.05, 0) is 54.7 Å². The van der Waals surface area contributed by atoms with Crippen LogP contribution >= 0.6 is 0 Å². The highest BCUT2D eigenvalue weighted by Gasteiger charge is 2.34. The molecule has 2 aliphatic rings. The van der Waals surface area contributed by atoms with Crippen molar-refractivity contribution >= 4 is 17.3 Å². The minimum Gasteiger partial charge on any atom is -0.374 e. The van der Waals surface area contributed by atoms with Crippen molar-refractivity contribution in [3.8, 4) is 0 Å². The molecular weight excluding hydrogens is 338 g/mol. The van der Waals surface area contributed by atoms with Gasteiger partial charge in [-0.15, -0.1) is 0 Å². The van der Waals surface area contributed by atoms with E-state index in [9.17, 15) is 4.79 Å². The zero-order valence-corrected chi connectivity index (χ0v) is 16.8. The molecule has 0 fully saturated rings. The van der Waals surface area contributed by atoms with E-state index in [1.807, 2.05) is 6.07 Å². The van der Waals surface area contributed by atoms with Crippen molar-refractivity contribution in [2.75, 3.05) is 23.8 Å². The average Bonchev–Trinajstić information content (AvgIpc) is 3.05. The van der Waals surface area contributed by atoms with E-state index >= 15 is 0 Å². The molecule has 1 aliphatic heterocycles. The van der Waals surface area contributed by atoms with E-state index in [1.54, 1.807) is 0 Å². The summed E-state index contributed by atoms with van der Waals surface area (Å²) >= 11 is 0. The highest BCUT2D eigenvalue weighted by molar-refractivity contribution is 6.04. The number of aryl methyl sites for hydroxylation is 2. The molecule has 1 amide bonds. The first kappa shape index (κ1) is 18.1. The van der Waals surface area contributed by atoms with Crippen molar-refractivity contribution in [2.24, 2.45) is 11.3 Å². The zero-order chi connectivity index (χ0) is 19.2. The van der Waals surface area contributed by atoms with Gasteiger partial charge in [0.25, 0.3) is 5.91 Å². The lowest BCUT2D eigenvalue weighted by Crippen LogP contribution is -2.28. The fraction of sp³-hybridized carbons (Fsp3) is 0.545. The topological polar surface area (TPSA) is 58.4 Å². The van der Waals surface area contributed by atoms with Crippen molar-refractivity contribution in [1.29, 1.82) is 0 Å². The van der Waals surface area contributed by atoms with Gasteiger partial charge in [0, 0.05) is 37.0 Å². The van der Waals surface area contributed by atoms with Crippen molar-refractivity contribution < 1.29 is 9.32 Å². The molecule has 1 N–H and O–H groups in total. The highest BCUT2D eigenvalue weighted by Crippen LogP contribution is 2.38. The minimum atomic E-state index is -0.173. The van der Waals surface area contributed by atoms with Gasteiger partial charge in [-0.3, -0.25) is 4.79 Å². The molecule has 0 radical (unpaired) electrons. The molecule has 1 atom stereocenters. The minimum absolute atomic E-state index is 0.173. The summed E-state index contributed by atoms with van der Waals surface area (Å²) in [5, 5.41) is 7.15. The van der Waals surface area contributed by atoms with E-state index in [0.717, 1.165) is 49.2 Å². The van der Waals surface area contributed by atoms with E-state index in [-0.39, 0.29) is 11.3 Å². The van der Waals surface area contributed by atoms with Crippen molar-refractivity contribution in [2.45, 2.75) is 52.9 Å². The van der Waals surface area contributed by atoms with Crippen molar-refractivity contribution in [3.63, 3.8) is 0 Å². The molecule has 1 aliphatic carbocycles. The number of benzene rings is 1. The summed E-state index contributed by atoms with van der Waals surface area (Å²) in [5.74, 6) is 1.24. The first-order chi connectivity index (χ1) is 12.8. The fourth-order valence-corrected chi connectivity index (χ4v) is 4.35. The second kappa shape index (κ2) is 6.70. The number of amides is 1. The number of fused-ring (bicyclic) bond motifs is 2. The average molecular weight is 367 g/mol. The van der Waals surface area contributed by atoms with Crippen LogP contribution in [0.3, 0.4) is 0 Å². The molecule has 2 aromatic rings. The molecule has 5 nitrogen and oxygen atoms in total. The summed E-state index contributed by atoms with van der Waals surface area (Å²) in [6, 6.07) is 6.17. The summed E-state index contributed by atoms with van der Waals surface area (Å²) in [6.07, 6.45) is 5.08. The van der Waals surface area contributed by atoms with E-state index in [1.165, 1.54) is 17.7 Å². The molecule has 1 aromatic heterocycles. The number of carbonyl (C=O) groups excluding carboxylic acids is 1. The van der Waals surface area contributed by atoms with Crippen molar-refractivity contribution in [3.05, 3.63) is 40.8 Å². The van der Waals surface area contributed by atoms with Crippen molar-refractivity contribution in [1.82, 2.24) is 5.16 Å². The van der Waals surface area contributed by atoms with Gasteiger partial charge in [-0.1, -0.05) is 32.0 Å². The Kier molecular flexibility index (Phi) is 4.49. The molecule has 0 bridgehead atoms. The molecule has 1 aromatic carbocycles. The van der Waals surface area contributed by atoms with Crippen LogP contribution < -0.4 is 10.2 Å². The Hall–Kier alpha value is -2.30. The largest absolute Gasteiger partial charge is 0.374 e. The predicted molar refractivity (Wildman–Crippen MR) is 107 cm³/mol. The second-order valence-corrected chi connectivity index (χ2v) is 9.06. The van der Waals surface area contributed by atoms with Gasteiger partial charge in [0.05, 0.1) is 0 Å². The van der Waals surface area contributed by atoms with Gasteiger partial charge in [0.15, 0.2) is 5.69 Å². The van der Waals surface area contributed by atoms with E-state index in [0.29, 0.717) is 11.6 Å². The number of carbonyl (C=O) groups is 1. The Labute approximate surface area is 161 Å². The molecule has 0 saturated heterocycles. The quantitative estimate of drug-likeness (QED) is 0.851. The zero-order valence-electron chi connectivity index (χ0n) is 16.8. The van der Waals surface area contributed by atoms with Crippen LogP contribution in [-0.4, -0.2) is 24.7 Å². The monoisotopic (exact) mass is 367 g/mol. The van der Waals surface area contributed by atoms with Crippen LogP contribution in [0.1, 0.15) is 61.0 Å². The summed E-state index contributed by atoms with van der Waals surface area (Å²) < 4.78 is 5.50. The standard InChI is InChI=1S/C22H29N3O2/c1-22(2,3)15-8-10-19-17(12-15)20(24-27-19)21(26)23-16-9-7-14-6-5-11-25(4)18(14)13-16/h7,9,13,15H,5-6,8,10-12H2,1-4H3,(H,23,26)/t15-/m0/s1. The lowest BCUT2D eigenvalue weighted by molar-refractivity contribution is 0.101. The molecule has 0 spiro atoms. The smallest absolute Gasteiger partial charge is 0.278 e. The van der Waals surface area contributed by atoms with E-state index in [2.05, 4.69) is 55.3 Å². The first-order valence-corrected chi connectivity index (χ1v) is 9.96. The maximum Gasteiger partial charge on any atom is 0.278 e. The lowest BCUT2D eigenvalue weighted by Gasteiger charge is -2.33. The molecule has 27 heavy (non-hydrogen) atoms. The van der Waals surface area contributed by atoms with Crippen LogP contribution in [-0.2, 0) is 19.3 Å². The Morgan fingerprint density at radius 1 is 1.30 bits per heavy atom. The number of rotatable bonds is 2. The summed E-state index contributed by atoms with van der Waals surface area (Å²) in [7, 11) is 2.10. The molecule has 144 valence electrons. The third kappa shape index (κ3) is 3.47. The molecule has 0 unspecified atom stereocenters. The Bertz CT molecular complexity index is 863. The molecule has 4 rings (SSSR count). The number of anilines is 2.